The van der Waals surface area contributed by atoms with Crippen LogP contribution in [0.5, 0.6) is 0 Å². The standard InChI is InChI=1S/H4NO4P.2Na/c1-5-6(2,3)4;;/h1H2,(H2,2,3,4);;/q;2*+1/p-2. The van der Waals surface area contributed by atoms with E-state index in [0.717, 1.165) is 0 Å². The van der Waals surface area contributed by atoms with Crippen LogP contribution in [0, 0.1) is 0 Å². The van der Waals surface area contributed by atoms with Crippen molar-refractivity contribution in [2.24, 2.45) is 5.90 Å². The van der Waals surface area contributed by atoms with Crippen LogP contribution in [0.1, 0.15) is 0 Å². The molecule has 0 aromatic rings. The molecule has 0 aliphatic heterocycles. The molecule has 0 aliphatic carbocycles. The maximum absolute atomic E-state index is 9.12. The molecule has 5 nitrogen and oxygen atoms in total. The topological polar surface area (TPSA) is 98.4 Å². The zero-order valence-corrected chi connectivity index (χ0v) is 9.55. The van der Waals surface area contributed by atoms with Gasteiger partial charge in [0.15, 0.2) is 0 Å². The largest absolute Gasteiger partial charge is 1.00 e. The van der Waals surface area contributed by atoms with Crippen molar-refractivity contribution in [1.82, 2.24) is 0 Å². The third kappa shape index (κ3) is 15.7. The van der Waals surface area contributed by atoms with Gasteiger partial charge in [0.05, 0.1) is 7.82 Å². The summed E-state index contributed by atoms with van der Waals surface area (Å²) in [5.74, 6) is 3.92. The maximum atomic E-state index is 9.12. The Morgan fingerprint density at radius 2 is 1.50 bits per heavy atom. The van der Waals surface area contributed by atoms with Crippen LogP contribution in [-0.4, -0.2) is 0 Å². The molecule has 0 fully saturated rings. The molecule has 0 saturated heterocycles. The van der Waals surface area contributed by atoms with E-state index in [9.17, 15) is 0 Å². The van der Waals surface area contributed by atoms with Gasteiger partial charge in [-0.05, 0) is 0 Å². The Kier molecular flexibility index (Phi) is 14.9. The van der Waals surface area contributed by atoms with Gasteiger partial charge in [-0.2, -0.15) is 0 Å². The fourth-order valence-electron chi connectivity index (χ4n) is 0. The third-order valence-corrected chi connectivity index (χ3v) is 0.387. The van der Waals surface area contributed by atoms with Crippen molar-refractivity contribution in [1.29, 1.82) is 0 Å². The molecule has 8 heavy (non-hydrogen) atoms. The van der Waals surface area contributed by atoms with Crippen molar-refractivity contribution >= 4 is 7.82 Å². The van der Waals surface area contributed by atoms with Crippen LogP contribution in [0.2, 0.25) is 0 Å². The second-order valence-corrected chi connectivity index (χ2v) is 1.66. The summed E-state index contributed by atoms with van der Waals surface area (Å²) in [5, 5.41) is 0. The number of phosphoric acid groups is 1. The van der Waals surface area contributed by atoms with Gasteiger partial charge < -0.3 is 14.4 Å². The van der Waals surface area contributed by atoms with Crippen molar-refractivity contribution < 1.29 is 78.1 Å². The molecule has 0 aliphatic rings. The van der Waals surface area contributed by atoms with Gasteiger partial charge in [0.2, 0.25) is 0 Å². The predicted molar refractivity (Wildman–Crippen MR) is 12.9 cm³/mol. The van der Waals surface area contributed by atoms with Crippen molar-refractivity contribution in [2.45, 2.75) is 0 Å². The van der Waals surface area contributed by atoms with Crippen LogP contribution in [0.15, 0.2) is 0 Å². The van der Waals surface area contributed by atoms with Crippen molar-refractivity contribution in [3.05, 3.63) is 0 Å². The molecule has 0 aromatic carbocycles. The van der Waals surface area contributed by atoms with Crippen LogP contribution in [0.4, 0.5) is 0 Å². The van der Waals surface area contributed by atoms with Gasteiger partial charge in [-0.1, -0.05) is 0 Å². The van der Waals surface area contributed by atoms with E-state index in [0.29, 0.717) is 0 Å². The smallest absolute Gasteiger partial charge is 0.788 e. The molecule has 0 unspecified atom stereocenters. The van der Waals surface area contributed by atoms with Gasteiger partial charge in [0.25, 0.3) is 0 Å². The van der Waals surface area contributed by atoms with Gasteiger partial charge in [-0.15, -0.1) is 0 Å². The van der Waals surface area contributed by atoms with E-state index in [4.69, 9.17) is 14.4 Å². The molecule has 0 heterocycles. The van der Waals surface area contributed by atoms with E-state index in [1.54, 1.807) is 0 Å². The van der Waals surface area contributed by atoms with Gasteiger partial charge >= 0.3 is 59.1 Å². The third-order valence-electron chi connectivity index (χ3n) is 0.129. The zero-order valence-electron chi connectivity index (χ0n) is 4.66. The minimum Gasteiger partial charge on any atom is -0.788 e. The summed E-state index contributed by atoms with van der Waals surface area (Å²) < 4.78 is 12.0. The SMILES string of the molecule is NOP(=O)([O-])[O-].[Na+].[Na+]. The first kappa shape index (κ1) is 16.6. The fourth-order valence-corrected chi connectivity index (χ4v) is 0. The van der Waals surface area contributed by atoms with Crippen LogP contribution < -0.4 is 74.8 Å². The molecule has 8 heteroatoms. The Hall–Kier alpha value is 2.07. The molecule has 0 radical (unpaired) electrons. The Balaban J connectivity index is -0.000000125. The second-order valence-electron chi connectivity index (χ2n) is 0.553. The summed E-state index contributed by atoms with van der Waals surface area (Å²) in [4.78, 5) is 18.2. The molecule has 0 spiro atoms. The summed E-state index contributed by atoms with van der Waals surface area (Å²) >= 11 is 0. The number of hydrogen-bond donors (Lipinski definition) is 1. The Bertz CT molecular complexity index is 78.1. The average molecular weight is 157 g/mol. The molecule has 0 bridgehead atoms. The number of nitrogens with two attached hydrogens (primary N) is 1. The normalized spacial score (nSPS) is 8.88. The van der Waals surface area contributed by atoms with Crippen LogP contribution in [0.3, 0.4) is 0 Å². The van der Waals surface area contributed by atoms with Gasteiger partial charge in [-0.25, -0.2) is 5.90 Å². The maximum Gasteiger partial charge on any atom is 1.00 e. The Labute approximate surface area is 90.7 Å². The average Bonchev–Trinajstić information content (AvgIpc) is 1.35. The van der Waals surface area contributed by atoms with Crippen molar-refractivity contribution in [2.75, 3.05) is 0 Å². The second kappa shape index (κ2) is 7.18. The molecule has 0 amide bonds. The van der Waals surface area contributed by atoms with Crippen molar-refractivity contribution in [3.63, 3.8) is 0 Å². The van der Waals surface area contributed by atoms with E-state index in [1.165, 1.54) is 0 Å². The minimum atomic E-state index is -4.87. The van der Waals surface area contributed by atoms with E-state index < -0.39 is 7.82 Å². The zero-order chi connectivity index (χ0) is 5.21. The van der Waals surface area contributed by atoms with Gasteiger partial charge in [0, 0.05) is 0 Å². The Morgan fingerprint density at radius 1 is 1.38 bits per heavy atom. The number of rotatable bonds is 1. The van der Waals surface area contributed by atoms with E-state index >= 15 is 0 Å². The van der Waals surface area contributed by atoms with Crippen LogP contribution >= 0.6 is 7.82 Å². The Morgan fingerprint density at radius 3 is 1.50 bits per heavy atom. The van der Waals surface area contributed by atoms with E-state index in [2.05, 4.69) is 10.5 Å². The quantitative estimate of drug-likeness (QED) is 0.231. The first-order valence-electron chi connectivity index (χ1n) is 0.966. The van der Waals surface area contributed by atoms with E-state index in [1.807, 2.05) is 0 Å². The first-order valence-corrected chi connectivity index (χ1v) is 2.43. The molecule has 0 saturated carbocycles. The van der Waals surface area contributed by atoms with Crippen LogP contribution in [-0.2, 0) is 9.19 Å². The molecular formula is H2NNa2O4P. The van der Waals surface area contributed by atoms with Gasteiger partial charge in [-0.3, -0.25) is 4.62 Å². The molecule has 0 atom stereocenters. The molecule has 0 rings (SSSR count). The molecule has 2 N–H and O–H groups in total. The summed E-state index contributed by atoms with van der Waals surface area (Å²) in [6.45, 7) is 0. The summed E-state index contributed by atoms with van der Waals surface area (Å²) in [7, 11) is -4.87. The van der Waals surface area contributed by atoms with Crippen LogP contribution in [0.25, 0.3) is 0 Å². The molecular weight excluding hydrogens is 155 g/mol. The van der Waals surface area contributed by atoms with Gasteiger partial charge in [0.1, 0.15) is 0 Å². The van der Waals surface area contributed by atoms with E-state index in [-0.39, 0.29) is 59.1 Å². The number of hydrogen-bond acceptors (Lipinski definition) is 5. The monoisotopic (exact) mass is 157 g/mol. The minimum absolute atomic E-state index is 0. The summed E-state index contributed by atoms with van der Waals surface area (Å²) in [6, 6.07) is 0. The summed E-state index contributed by atoms with van der Waals surface area (Å²) in [6.07, 6.45) is 0. The fraction of sp³-hybridized carbons (Fsp3) is 0. The predicted octanol–water partition coefficient (Wildman–Crippen LogP) is -8.29. The summed E-state index contributed by atoms with van der Waals surface area (Å²) in [5.41, 5.74) is 0. The molecule has 0 aromatic heterocycles. The first-order chi connectivity index (χ1) is 2.56. The van der Waals surface area contributed by atoms with Crippen molar-refractivity contribution in [3.8, 4) is 0 Å². The molecule has 38 valence electrons.